The van der Waals surface area contributed by atoms with Gasteiger partial charge in [0.15, 0.2) is 0 Å². The second kappa shape index (κ2) is 5.08. The van der Waals surface area contributed by atoms with Crippen LogP contribution in [0.25, 0.3) is 0 Å². The third-order valence-electron chi connectivity index (χ3n) is 3.80. The molecule has 17 heavy (non-hydrogen) atoms. The van der Waals surface area contributed by atoms with Gasteiger partial charge < -0.3 is 14.6 Å². The molecule has 1 aromatic rings. The Morgan fingerprint density at radius 2 is 2.29 bits per heavy atom. The van der Waals surface area contributed by atoms with Gasteiger partial charge in [-0.2, -0.15) is 0 Å². The third-order valence-corrected chi connectivity index (χ3v) is 3.80. The second-order valence-electron chi connectivity index (χ2n) is 5.00. The molecular weight excluding hydrogens is 214 g/mol. The van der Waals surface area contributed by atoms with Gasteiger partial charge in [0.25, 0.3) is 0 Å². The molecule has 0 bridgehead atoms. The lowest BCUT2D eigenvalue weighted by Crippen LogP contribution is -2.45. The van der Waals surface area contributed by atoms with Crippen LogP contribution in [0.3, 0.4) is 0 Å². The van der Waals surface area contributed by atoms with Gasteiger partial charge in [-0.25, -0.2) is 4.98 Å². The fourth-order valence-corrected chi connectivity index (χ4v) is 2.41. The van der Waals surface area contributed by atoms with Gasteiger partial charge >= 0.3 is 0 Å². The molecule has 2 rings (SSSR count). The van der Waals surface area contributed by atoms with E-state index in [1.807, 2.05) is 6.92 Å². The predicted molar refractivity (Wildman–Crippen MR) is 69.3 cm³/mol. The molecule has 96 valence electrons. The van der Waals surface area contributed by atoms with Gasteiger partial charge in [0.1, 0.15) is 0 Å². The number of hydrogen-bond donors (Lipinski definition) is 1. The van der Waals surface area contributed by atoms with Crippen molar-refractivity contribution in [2.75, 3.05) is 19.0 Å². The molecule has 1 aliphatic rings. The number of aryl methyl sites for hydroxylation is 1. The molecule has 1 saturated carbocycles. The van der Waals surface area contributed by atoms with Crippen molar-refractivity contribution in [1.82, 2.24) is 9.55 Å². The van der Waals surface area contributed by atoms with E-state index >= 15 is 0 Å². The summed E-state index contributed by atoms with van der Waals surface area (Å²) < 4.78 is 7.29. The van der Waals surface area contributed by atoms with Crippen molar-refractivity contribution < 1.29 is 4.74 Å². The largest absolute Gasteiger partial charge is 0.383 e. The first-order valence-electron chi connectivity index (χ1n) is 6.50. The van der Waals surface area contributed by atoms with Gasteiger partial charge in [-0.05, 0) is 32.6 Å². The number of imidazole rings is 1. The van der Waals surface area contributed by atoms with E-state index in [-0.39, 0.29) is 0 Å². The molecule has 1 fully saturated rings. The number of aromatic nitrogens is 2. The molecule has 0 spiro atoms. The average Bonchev–Trinajstić information content (AvgIpc) is 2.61. The Morgan fingerprint density at radius 3 is 2.82 bits per heavy atom. The summed E-state index contributed by atoms with van der Waals surface area (Å²) in [5.74, 6) is 1.00. The maximum absolute atomic E-state index is 5.13. The van der Waals surface area contributed by atoms with E-state index in [0.29, 0.717) is 5.54 Å². The third kappa shape index (κ3) is 2.63. The highest BCUT2D eigenvalue weighted by Crippen LogP contribution is 2.37. The van der Waals surface area contributed by atoms with Crippen LogP contribution in [0.4, 0.5) is 5.95 Å². The summed E-state index contributed by atoms with van der Waals surface area (Å²) in [6, 6.07) is 0. The highest BCUT2D eigenvalue weighted by molar-refractivity contribution is 5.34. The van der Waals surface area contributed by atoms with Gasteiger partial charge in [-0.1, -0.05) is 6.92 Å². The van der Waals surface area contributed by atoms with Crippen molar-refractivity contribution in [3.8, 4) is 0 Å². The molecule has 0 aliphatic heterocycles. The van der Waals surface area contributed by atoms with Crippen LogP contribution < -0.4 is 5.32 Å². The molecular formula is C13H23N3O. The molecule has 0 atom stereocenters. The summed E-state index contributed by atoms with van der Waals surface area (Å²) in [6.45, 7) is 5.87. The number of rotatable bonds is 6. The molecule has 4 heteroatoms. The van der Waals surface area contributed by atoms with Gasteiger partial charge in [-0.15, -0.1) is 0 Å². The minimum Gasteiger partial charge on any atom is -0.383 e. The van der Waals surface area contributed by atoms with Crippen molar-refractivity contribution in [3.05, 3.63) is 11.9 Å². The molecule has 1 aliphatic carbocycles. The van der Waals surface area contributed by atoms with E-state index in [4.69, 9.17) is 4.74 Å². The number of ether oxygens (including phenoxy) is 1. The standard InChI is InChI=1S/C13H23N3O/c1-4-13(6-5-7-13)15-12-14-11(2)10-16(12)8-9-17-3/h10H,4-9H2,1-3H3,(H,14,15). The van der Waals surface area contributed by atoms with Crippen LogP contribution in [-0.2, 0) is 11.3 Å². The number of nitrogens with zero attached hydrogens (tertiary/aromatic N) is 2. The normalized spacial score (nSPS) is 17.8. The van der Waals surface area contributed by atoms with Gasteiger partial charge in [0, 0.05) is 25.4 Å². The Balaban J connectivity index is 2.08. The summed E-state index contributed by atoms with van der Waals surface area (Å²) in [5.41, 5.74) is 1.36. The average molecular weight is 237 g/mol. The Labute approximate surface area is 103 Å². The van der Waals surface area contributed by atoms with Crippen LogP contribution in [0.1, 0.15) is 38.3 Å². The van der Waals surface area contributed by atoms with Crippen LogP contribution in [0.15, 0.2) is 6.20 Å². The fourth-order valence-electron chi connectivity index (χ4n) is 2.41. The molecule has 0 unspecified atom stereocenters. The lowest BCUT2D eigenvalue weighted by atomic mass is 9.75. The molecule has 0 amide bonds. The molecule has 0 radical (unpaired) electrons. The summed E-state index contributed by atoms with van der Waals surface area (Å²) in [4.78, 5) is 4.57. The van der Waals surface area contributed by atoms with Crippen LogP contribution in [-0.4, -0.2) is 28.8 Å². The van der Waals surface area contributed by atoms with E-state index in [1.54, 1.807) is 7.11 Å². The highest BCUT2D eigenvalue weighted by atomic mass is 16.5. The lowest BCUT2D eigenvalue weighted by molar-refractivity contribution is 0.187. The van der Waals surface area contributed by atoms with E-state index in [0.717, 1.165) is 24.8 Å². The van der Waals surface area contributed by atoms with Gasteiger partial charge in [-0.3, -0.25) is 0 Å². The lowest BCUT2D eigenvalue weighted by Gasteiger charge is -2.42. The maximum atomic E-state index is 5.13. The highest BCUT2D eigenvalue weighted by Gasteiger charge is 2.35. The zero-order valence-electron chi connectivity index (χ0n) is 11.1. The Kier molecular flexibility index (Phi) is 3.72. The van der Waals surface area contributed by atoms with E-state index < -0.39 is 0 Å². The predicted octanol–water partition coefficient (Wildman–Crippen LogP) is 2.58. The minimum atomic E-state index is 0.294. The zero-order chi connectivity index (χ0) is 12.3. The summed E-state index contributed by atoms with van der Waals surface area (Å²) in [6.07, 6.45) is 7.12. The van der Waals surface area contributed by atoms with E-state index in [9.17, 15) is 0 Å². The van der Waals surface area contributed by atoms with Crippen molar-refractivity contribution in [2.45, 2.75) is 51.6 Å². The minimum absolute atomic E-state index is 0.294. The topological polar surface area (TPSA) is 39.1 Å². The van der Waals surface area contributed by atoms with Crippen LogP contribution in [0.2, 0.25) is 0 Å². The summed E-state index contributed by atoms with van der Waals surface area (Å²) in [7, 11) is 1.73. The first-order chi connectivity index (χ1) is 8.19. The number of hydrogen-bond acceptors (Lipinski definition) is 3. The van der Waals surface area contributed by atoms with E-state index in [2.05, 4.69) is 28.0 Å². The Hall–Kier alpha value is -1.03. The molecule has 4 nitrogen and oxygen atoms in total. The Bertz CT molecular complexity index is 363. The van der Waals surface area contributed by atoms with Crippen molar-refractivity contribution in [1.29, 1.82) is 0 Å². The van der Waals surface area contributed by atoms with Crippen molar-refractivity contribution in [3.63, 3.8) is 0 Å². The zero-order valence-corrected chi connectivity index (χ0v) is 11.1. The maximum Gasteiger partial charge on any atom is 0.203 e. The number of methoxy groups -OCH3 is 1. The van der Waals surface area contributed by atoms with Crippen molar-refractivity contribution in [2.24, 2.45) is 0 Å². The van der Waals surface area contributed by atoms with Gasteiger partial charge in [0.05, 0.1) is 12.3 Å². The second-order valence-corrected chi connectivity index (χ2v) is 5.00. The monoisotopic (exact) mass is 237 g/mol. The molecule has 0 saturated heterocycles. The smallest absolute Gasteiger partial charge is 0.203 e. The summed E-state index contributed by atoms with van der Waals surface area (Å²) >= 11 is 0. The van der Waals surface area contributed by atoms with Crippen molar-refractivity contribution >= 4 is 5.95 Å². The van der Waals surface area contributed by atoms with Crippen LogP contribution in [0.5, 0.6) is 0 Å². The molecule has 1 N–H and O–H groups in total. The van der Waals surface area contributed by atoms with Crippen LogP contribution in [0, 0.1) is 6.92 Å². The molecule has 0 aromatic carbocycles. The quantitative estimate of drug-likeness (QED) is 0.826. The van der Waals surface area contributed by atoms with E-state index in [1.165, 1.54) is 25.7 Å². The van der Waals surface area contributed by atoms with Crippen LogP contribution >= 0.6 is 0 Å². The molecule has 1 heterocycles. The number of nitrogens with one attached hydrogen (secondary N) is 1. The number of anilines is 1. The summed E-state index contributed by atoms with van der Waals surface area (Å²) in [5, 5.41) is 3.64. The fraction of sp³-hybridized carbons (Fsp3) is 0.769. The van der Waals surface area contributed by atoms with Gasteiger partial charge in [0.2, 0.25) is 5.95 Å². The Morgan fingerprint density at radius 1 is 1.53 bits per heavy atom. The SMILES string of the molecule is CCC1(Nc2nc(C)cn2CCOC)CCC1. The first kappa shape index (κ1) is 12.4. The first-order valence-corrected chi connectivity index (χ1v) is 6.50. The molecule has 1 aromatic heterocycles.